The molecule has 0 amide bonds. The molecular weight excluding hydrogens is 214 g/mol. The largest absolute Gasteiger partial charge is 0.324 e. The van der Waals surface area contributed by atoms with Crippen LogP contribution >= 0.6 is 23.7 Å². The van der Waals surface area contributed by atoms with E-state index >= 15 is 0 Å². The molecule has 1 aromatic heterocycles. The Hall–Kier alpha value is -0.0500. The van der Waals surface area contributed by atoms with E-state index in [1.165, 1.54) is 18.4 Å². The van der Waals surface area contributed by atoms with Gasteiger partial charge in [-0.25, -0.2) is 0 Å². The molecule has 0 saturated carbocycles. The summed E-state index contributed by atoms with van der Waals surface area (Å²) in [5, 5.41) is 4.26. The van der Waals surface area contributed by atoms with E-state index in [0.717, 1.165) is 12.3 Å². The molecule has 82 valence electrons. The SMILES string of the molecule is CCC(CC)CC(N)c1ccsc1.Cl. The van der Waals surface area contributed by atoms with Crippen molar-refractivity contribution in [3.8, 4) is 0 Å². The summed E-state index contributed by atoms with van der Waals surface area (Å²) in [5.41, 5.74) is 7.40. The first-order valence-corrected chi connectivity index (χ1v) is 5.99. The summed E-state index contributed by atoms with van der Waals surface area (Å²) >= 11 is 1.73. The number of nitrogens with two attached hydrogens (primary N) is 1. The Morgan fingerprint density at radius 3 is 2.43 bits per heavy atom. The van der Waals surface area contributed by atoms with E-state index in [9.17, 15) is 0 Å². The van der Waals surface area contributed by atoms with Gasteiger partial charge in [0.15, 0.2) is 0 Å². The minimum absolute atomic E-state index is 0. The van der Waals surface area contributed by atoms with Crippen molar-refractivity contribution >= 4 is 23.7 Å². The highest BCUT2D eigenvalue weighted by Crippen LogP contribution is 2.24. The smallest absolute Gasteiger partial charge is 0.0305 e. The Morgan fingerprint density at radius 2 is 2.00 bits per heavy atom. The van der Waals surface area contributed by atoms with Gasteiger partial charge in [0.25, 0.3) is 0 Å². The summed E-state index contributed by atoms with van der Waals surface area (Å²) in [7, 11) is 0. The lowest BCUT2D eigenvalue weighted by Crippen LogP contribution is -2.14. The highest BCUT2D eigenvalue weighted by atomic mass is 35.5. The Morgan fingerprint density at radius 1 is 1.36 bits per heavy atom. The molecule has 3 heteroatoms. The average Bonchev–Trinajstić information content (AvgIpc) is 2.66. The van der Waals surface area contributed by atoms with Gasteiger partial charge in [-0.05, 0) is 34.7 Å². The number of hydrogen-bond acceptors (Lipinski definition) is 2. The van der Waals surface area contributed by atoms with E-state index in [2.05, 4.69) is 30.7 Å². The first kappa shape index (κ1) is 13.9. The van der Waals surface area contributed by atoms with Gasteiger partial charge in [0.1, 0.15) is 0 Å². The third-order valence-corrected chi connectivity index (χ3v) is 3.41. The molecule has 1 aromatic rings. The van der Waals surface area contributed by atoms with E-state index in [1.54, 1.807) is 11.3 Å². The van der Waals surface area contributed by atoms with Gasteiger partial charge in [-0.2, -0.15) is 11.3 Å². The average molecular weight is 234 g/mol. The predicted molar refractivity (Wildman–Crippen MR) is 67.2 cm³/mol. The van der Waals surface area contributed by atoms with Gasteiger partial charge < -0.3 is 5.73 Å². The van der Waals surface area contributed by atoms with Crippen molar-refractivity contribution in [2.45, 2.75) is 39.2 Å². The summed E-state index contributed by atoms with van der Waals surface area (Å²) in [6, 6.07) is 2.38. The van der Waals surface area contributed by atoms with E-state index < -0.39 is 0 Å². The highest BCUT2D eigenvalue weighted by Gasteiger charge is 2.11. The van der Waals surface area contributed by atoms with Crippen LogP contribution in [-0.4, -0.2) is 0 Å². The Balaban J connectivity index is 0.00000169. The van der Waals surface area contributed by atoms with E-state index in [1.807, 2.05) is 0 Å². The van der Waals surface area contributed by atoms with Crippen molar-refractivity contribution in [3.63, 3.8) is 0 Å². The molecule has 0 spiro atoms. The molecule has 0 aliphatic carbocycles. The first-order chi connectivity index (χ1) is 6.27. The first-order valence-electron chi connectivity index (χ1n) is 5.05. The maximum Gasteiger partial charge on any atom is 0.0305 e. The second kappa shape index (κ2) is 7.27. The van der Waals surface area contributed by atoms with Crippen LogP contribution in [0.5, 0.6) is 0 Å². The van der Waals surface area contributed by atoms with Crippen molar-refractivity contribution in [2.24, 2.45) is 11.7 Å². The molecule has 1 heterocycles. The second-order valence-corrected chi connectivity index (χ2v) is 4.36. The normalized spacial score (nSPS) is 12.6. The molecule has 0 saturated heterocycles. The third-order valence-electron chi connectivity index (χ3n) is 2.71. The zero-order valence-corrected chi connectivity index (χ0v) is 10.5. The fourth-order valence-electron chi connectivity index (χ4n) is 1.60. The minimum Gasteiger partial charge on any atom is -0.324 e. The maximum atomic E-state index is 6.10. The van der Waals surface area contributed by atoms with Crippen molar-refractivity contribution in [1.29, 1.82) is 0 Å². The van der Waals surface area contributed by atoms with Crippen LogP contribution in [0.4, 0.5) is 0 Å². The molecule has 1 atom stereocenters. The van der Waals surface area contributed by atoms with Crippen molar-refractivity contribution < 1.29 is 0 Å². The maximum absolute atomic E-state index is 6.10. The van der Waals surface area contributed by atoms with Crippen molar-refractivity contribution in [3.05, 3.63) is 22.4 Å². The topological polar surface area (TPSA) is 26.0 Å². The Kier molecular flexibility index (Phi) is 7.24. The van der Waals surface area contributed by atoms with Crippen LogP contribution in [0.1, 0.15) is 44.7 Å². The lowest BCUT2D eigenvalue weighted by atomic mass is 9.93. The van der Waals surface area contributed by atoms with Gasteiger partial charge >= 0.3 is 0 Å². The van der Waals surface area contributed by atoms with Gasteiger partial charge in [0, 0.05) is 6.04 Å². The molecule has 0 aliphatic rings. The predicted octanol–water partition coefficient (Wildman–Crippen LogP) is 4.00. The minimum atomic E-state index is 0. The Bertz CT molecular complexity index is 219. The third kappa shape index (κ3) is 3.99. The van der Waals surface area contributed by atoms with Gasteiger partial charge in [0.2, 0.25) is 0 Å². The van der Waals surface area contributed by atoms with Crippen molar-refractivity contribution in [2.75, 3.05) is 0 Å². The molecule has 2 N–H and O–H groups in total. The standard InChI is InChI=1S/C11H19NS.ClH/c1-3-9(4-2)7-11(12)10-5-6-13-8-10;/h5-6,8-9,11H,3-4,7,12H2,1-2H3;1H. The molecule has 1 unspecified atom stereocenters. The number of halogens is 1. The van der Waals surface area contributed by atoms with Gasteiger partial charge in [0.05, 0.1) is 0 Å². The molecular formula is C11H20ClNS. The summed E-state index contributed by atoms with van der Waals surface area (Å²) < 4.78 is 0. The van der Waals surface area contributed by atoms with Crippen LogP contribution in [-0.2, 0) is 0 Å². The van der Waals surface area contributed by atoms with Crippen LogP contribution in [0.2, 0.25) is 0 Å². The van der Waals surface area contributed by atoms with Gasteiger partial charge in [-0.15, -0.1) is 12.4 Å². The molecule has 0 aliphatic heterocycles. The number of hydrogen-bond donors (Lipinski definition) is 1. The molecule has 0 fully saturated rings. The quantitative estimate of drug-likeness (QED) is 0.818. The lowest BCUT2D eigenvalue weighted by molar-refractivity contribution is 0.415. The zero-order chi connectivity index (χ0) is 9.68. The Labute approximate surface area is 97.1 Å². The molecule has 1 rings (SSSR count). The van der Waals surface area contributed by atoms with Crippen LogP contribution in [0.15, 0.2) is 16.8 Å². The number of thiophene rings is 1. The van der Waals surface area contributed by atoms with Gasteiger partial charge in [-0.1, -0.05) is 26.7 Å². The van der Waals surface area contributed by atoms with Gasteiger partial charge in [-0.3, -0.25) is 0 Å². The van der Waals surface area contributed by atoms with Crippen LogP contribution in [0.3, 0.4) is 0 Å². The number of rotatable bonds is 5. The molecule has 0 radical (unpaired) electrons. The molecule has 0 bridgehead atoms. The van der Waals surface area contributed by atoms with Crippen LogP contribution in [0.25, 0.3) is 0 Å². The van der Waals surface area contributed by atoms with Crippen molar-refractivity contribution in [1.82, 2.24) is 0 Å². The zero-order valence-electron chi connectivity index (χ0n) is 8.90. The monoisotopic (exact) mass is 233 g/mol. The fourth-order valence-corrected chi connectivity index (χ4v) is 2.33. The summed E-state index contributed by atoms with van der Waals surface area (Å²) in [5.74, 6) is 0.787. The van der Waals surface area contributed by atoms with E-state index in [-0.39, 0.29) is 18.4 Å². The lowest BCUT2D eigenvalue weighted by Gasteiger charge is -2.17. The van der Waals surface area contributed by atoms with E-state index in [4.69, 9.17) is 5.73 Å². The summed E-state index contributed by atoms with van der Waals surface area (Å²) in [4.78, 5) is 0. The van der Waals surface area contributed by atoms with E-state index in [0.29, 0.717) is 0 Å². The molecule has 14 heavy (non-hydrogen) atoms. The molecule has 0 aromatic carbocycles. The molecule has 1 nitrogen and oxygen atoms in total. The van der Waals surface area contributed by atoms with Crippen LogP contribution < -0.4 is 5.73 Å². The second-order valence-electron chi connectivity index (χ2n) is 3.58. The highest BCUT2D eigenvalue weighted by molar-refractivity contribution is 7.07. The summed E-state index contributed by atoms with van der Waals surface area (Å²) in [6.07, 6.45) is 3.62. The summed E-state index contributed by atoms with van der Waals surface area (Å²) in [6.45, 7) is 4.49. The van der Waals surface area contributed by atoms with Crippen LogP contribution in [0, 0.1) is 5.92 Å². The fraction of sp³-hybridized carbons (Fsp3) is 0.636.